The summed E-state index contributed by atoms with van der Waals surface area (Å²) in [4.78, 5) is 29.9. The summed E-state index contributed by atoms with van der Waals surface area (Å²) < 4.78 is 1.81. The summed E-state index contributed by atoms with van der Waals surface area (Å²) in [6.45, 7) is 12.2. The van der Waals surface area contributed by atoms with Gasteiger partial charge < -0.3 is 4.90 Å². The predicted octanol–water partition coefficient (Wildman–Crippen LogP) is 4.44. The summed E-state index contributed by atoms with van der Waals surface area (Å²) in [5.41, 5.74) is 3.72. The van der Waals surface area contributed by atoms with Crippen molar-refractivity contribution in [1.29, 1.82) is 0 Å². The molecule has 1 saturated heterocycles. The van der Waals surface area contributed by atoms with Gasteiger partial charge >= 0.3 is 0 Å². The highest BCUT2D eigenvalue weighted by Crippen LogP contribution is 2.43. The number of rotatable bonds is 7. The topological polar surface area (TPSA) is 67.2 Å². The van der Waals surface area contributed by atoms with Crippen molar-refractivity contribution in [2.75, 3.05) is 26.2 Å². The summed E-state index contributed by atoms with van der Waals surface area (Å²) in [7, 11) is 0. The van der Waals surface area contributed by atoms with Crippen LogP contribution in [-0.4, -0.2) is 67.7 Å². The van der Waals surface area contributed by atoms with Crippen LogP contribution < -0.4 is 0 Å². The van der Waals surface area contributed by atoms with E-state index in [2.05, 4.69) is 48.7 Å². The molecule has 8 heteroatoms. The van der Waals surface area contributed by atoms with Crippen LogP contribution in [0.1, 0.15) is 64.8 Å². The van der Waals surface area contributed by atoms with Gasteiger partial charge in [-0.25, -0.2) is 14.6 Å². The number of carbonyl (C=O) groups is 1. The van der Waals surface area contributed by atoms with Crippen LogP contribution >= 0.6 is 11.3 Å². The Morgan fingerprint density at radius 3 is 2.67 bits per heavy atom. The van der Waals surface area contributed by atoms with Gasteiger partial charge in [-0.3, -0.25) is 9.69 Å². The molecule has 1 aliphatic heterocycles. The van der Waals surface area contributed by atoms with Gasteiger partial charge in [-0.2, -0.15) is 5.10 Å². The molecule has 7 nitrogen and oxygen atoms in total. The van der Waals surface area contributed by atoms with E-state index >= 15 is 0 Å². The van der Waals surface area contributed by atoms with E-state index < -0.39 is 0 Å². The van der Waals surface area contributed by atoms with Gasteiger partial charge in [0.2, 0.25) is 0 Å². The minimum Gasteiger partial charge on any atom is -0.337 e. The first kappa shape index (κ1) is 22.2. The zero-order chi connectivity index (χ0) is 23.1. The van der Waals surface area contributed by atoms with Gasteiger partial charge in [-0.05, 0) is 58.3 Å². The molecule has 0 spiro atoms. The van der Waals surface area contributed by atoms with Crippen LogP contribution in [-0.2, 0) is 0 Å². The Bertz CT molecular complexity index is 1160. The number of hydrogen-bond donors (Lipinski definition) is 0. The van der Waals surface area contributed by atoms with Gasteiger partial charge in [-0.15, -0.1) is 11.3 Å². The van der Waals surface area contributed by atoms with E-state index in [1.807, 2.05) is 11.0 Å². The van der Waals surface area contributed by atoms with E-state index in [0.717, 1.165) is 62.4 Å². The summed E-state index contributed by atoms with van der Waals surface area (Å²) in [5, 5.41) is 4.63. The molecule has 3 aromatic heterocycles. The Balaban J connectivity index is 1.45. The average molecular weight is 465 g/mol. The van der Waals surface area contributed by atoms with Gasteiger partial charge in [0.25, 0.3) is 11.9 Å². The lowest BCUT2D eigenvalue weighted by atomic mass is 10.1. The first-order valence-corrected chi connectivity index (χ1v) is 12.8. The third-order valence-corrected chi connectivity index (χ3v) is 7.90. The zero-order valence-electron chi connectivity index (χ0n) is 19.9. The van der Waals surface area contributed by atoms with Gasteiger partial charge in [0.05, 0.1) is 23.1 Å². The first-order chi connectivity index (χ1) is 16.0. The monoisotopic (exact) mass is 464 g/mol. The zero-order valence-corrected chi connectivity index (χ0v) is 20.7. The fourth-order valence-electron chi connectivity index (χ4n) is 5.05. The van der Waals surface area contributed by atoms with Crippen molar-refractivity contribution in [3.05, 3.63) is 45.5 Å². The van der Waals surface area contributed by atoms with Crippen molar-refractivity contribution in [3.63, 3.8) is 0 Å². The van der Waals surface area contributed by atoms with Crippen molar-refractivity contribution in [2.24, 2.45) is 0 Å². The molecular weight excluding hydrogens is 432 g/mol. The number of likely N-dealkylation sites (N-methyl/N-ethyl adjacent to an activating group) is 1. The third-order valence-electron chi connectivity index (χ3n) is 6.93. The van der Waals surface area contributed by atoms with Crippen LogP contribution in [0.25, 0.3) is 17.2 Å². The minimum absolute atomic E-state index is 0.0956. The molecule has 1 aliphatic carbocycles. The predicted molar refractivity (Wildman–Crippen MR) is 131 cm³/mol. The van der Waals surface area contributed by atoms with Gasteiger partial charge in [0.1, 0.15) is 0 Å². The van der Waals surface area contributed by atoms with Crippen molar-refractivity contribution in [3.8, 4) is 17.2 Å². The Hall–Kier alpha value is -2.58. The molecule has 4 heterocycles. The number of carbonyl (C=O) groups excluding carboxylic acids is 1. The van der Waals surface area contributed by atoms with Crippen molar-refractivity contribution >= 4 is 17.2 Å². The summed E-state index contributed by atoms with van der Waals surface area (Å²) in [6.07, 6.45) is 6.72. The van der Waals surface area contributed by atoms with Crippen molar-refractivity contribution in [2.45, 2.75) is 58.9 Å². The Labute approximate surface area is 199 Å². The standard InChI is InChI=1S/C25H32N6OS/c1-5-29(6-2)19-10-12-30(15-19)24(32)21-14-27-31(23(21)18-7-8-18)25-26-11-9-22(28-25)20-13-16(3)33-17(20)4/h9,11,13-14,18-19H,5-8,10,12,15H2,1-4H3/t19-/m1/s1. The maximum atomic E-state index is 13.5. The lowest BCUT2D eigenvalue weighted by molar-refractivity contribution is 0.0776. The number of likely N-dealkylation sites (tertiary alicyclic amines) is 1. The van der Waals surface area contributed by atoms with E-state index in [1.165, 1.54) is 9.75 Å². The fourth-order valence-corrected chi connectivity index (χ4v) is 5.99. The summed E-state index contributed by atoms with van der Waals surface area (Å²) in [6, 6.07) is 4.56. The molecule has 0 unspecified atom stereocenters. The SMILES string of the molecule is CCN(CC)[C@@H]1CCN(C(=O)c2cnn(-c3nccc(-c4cc(C)sc4C)n3)c2C2CC2)C1. The van der Waals surface area contributed by atoms with E-state index in [9.17, 15) is 4.79 Å². The van der Waals surface area contributed by atoms with Crippen molar-refractivity contribution in [1.82, 2.24) is 29.5 Å². The Morgan fingerprint density at radius 2 is 2.00 bits per heavy atom. The maximum absolute atomic E-state index is 13.5. The average Bonchev–Trinajstić information content (AvgIpc) is 3.21. The van der Waals surface area contributed by atoms with E-state index in [0.29, 0.717) is 23.5 Å². The van der Waals surface area contributed by atoms with E-state index in [1.54, 1.807) is 28.4 Å². The van der Waals surface area contributed by atoms with Gasteiger partial charge in [0, 0.05) is 46.6 Å². The number of thiophene rings is 1. The molecule has 174 valence electrons. The second-order valence-electron chi connectivity index (χ2n) is 9.11. The molecular formula is C25H32N6OS. The highest BCUT2D eigenvalue weighted by atomic mass is 32.1. The molecule has 0 aromatic carbocycles. The van der Waals surface area contributed by atoms with Gasteiger partial charge in [0.15, 0.2) is 0 Å². The minimum atomic E-state index is 0.0956. The Morgan fingerprint density at radius 1 is 1.21 bits per heavy atom. The van der Waals surface area contributed by atoms with Crippen LogP contribution in [0.15, 0.2) is 24.5 Å². The smallest absolute Gasteiger partial charge is 0.257 e. The molecule has 0 N–H and O–H groups in total. The van der Waals surface area contributed by atoms with E-state index in [-0.39, 0.29) is 5.91 Å². The molecule has 1 amide bonds. The van der Waals surface area contributed by atoms with Crippen LogP contribution in [0.4, 0.5) is 0 Å². The molecule has 1 atom stereocenters. The fraction of sp³-hybridized carbons (Fsp3) is 0.520. The van der Waals surface area contributed by atoms with Crippen LogP contribution in [0.5, 0.6) is 0 Å². The highest BCUT2D eigenvalue weighted by molar-refractivity contribution is 7.12. The molecule has 3 aromatic rings. The quantitative estimate of drug-likeness (QED) is 0.517. The van der Waals surface area contributed by atoms with Crippen LogP contribution in [0.3, 0.4) is 0 Å². The number of nitrogens with zero attached hydrogens (tertiary/aromatic N) is 6. The molecule has 33 heavy (non-hydrogen) atoms. The normalized spacial score (nSPS) is 18.5. The van der Waals surface area contributed by atoms with Gasteiger partial charge in [-0.1, -0.05) is 13.8 Å². The summed E-state index contributed by atoms with van der Waals surface area (Å²) in [5.74, 6) is 0.988. The first-order valence-electron chi connectivity index (χ1n) is 12.0. The second kappa shape index (κ2) is 8.99. The molecule has 2 aliphatic rings. The third kappa shape index (κ3) is 4.22. The number of aryl methyl sites for hydroxylation is 2. The molecule has 0 bridgehead atoms. The number of hydrogen-bond acceptors (Lipinski definition) is 6. The van der Waals surface area contributed by atoms with E-state index in [4.69, 9.17) is 4.98 Å². The highest BCUT2D eigenvalue weighted by Gasteiger charge is 2.37. The van der Waals surface area contributed by atoms with Crippen LogP contribution in [0.2, 0.25) is 0 Å². The Kier molecular flexibility index (Phi) is 6.05. The lowest BCUT2D eigenvalue weighted by Gasteiger charge is -2.26. The molecule has 5 rings (SSSR count). The molecule has 2 fully saturated rings. The second-order valence-corrected chi connectivity index (χ2v) is 10.6. The lowest BCUT2D eigenvalue weighted by Crippen LogP contribution is -2.38. The number of aromatic nitrogens is 4. The summed E-state index contributed by atoms with van der Waals surface area (Å²) >= 11 is 1.77. The molecule has 1 saturated carbocycles. The molecule has 0 radical (unpaired) electrons. The van der Waals surface area contributed by atoms with Crippen LogP contribution in [0, 0.1) is 13.8 Å². The largest absolute Gasteiger partial charge is 0.337 e. The maximum Gasteiger partial charge on any atom is 0.257 e. The number of amides is 1. The van der Waals surface area contributed by atoms with Crippen molar-refractivity contribution < 1.29 is 4.79 Å².